The van der Waals surface area contributed by atoms with Gasteiger partial charge < -0.3 is 5.32 Å². The molecule has 2 unspecified atom stereocenters. The van der Waals surface area contributed by atoms with Crippen LogP contribution >= 0.6 is 0 Å². The first kappa shape index (κ1) is 22.9. The maximum atomic E-state index is 12.5. The van der Waals surface area contributed by atoms with E-state index in [1.54, 1.807) is 0 Å². The van der Waals surface area contributed by atoms with E-state index in [0.29, 0.717) is 18.9 Å². The SMILES string of the molecule is Cc1nn(CC(C)C)c(C)c1CCC(=O)NCC(C)(C)N1CC(C)CC(C)C1. The Hall–Kier alpha value is -1.36. The predicted molar refractivity (Wildman–Crippen MR) is 116 cm³/mol. The van der Waals surface area contributed by atoms with E-state index in [4.69, 9.17) is 0 Å². The van der Waals surface area contributed by atoms with Gasteiger partial charge in [0.1, 0.15) is 0 Å². The maximum Gasteiger partial charge on any atom is 0.220 e. The number of piperidine rings is 1. The molecule has 1 aromatic rings. The summed E-state index contributed by atoms with van der Waals surface area (Å²) in [5.74, 6) is 2.16. The summed E-state index contributed by atoms with van der Waals surface area (Å²) in [4.78, 5) is 15.1. The Morgan fingerprint density at radius 1 is 1.21 bits per heavy atom. The second-order valence-electron chi connectivity index (χ2n) is 10.2. The number of aryl methyl sites for hydroxylation is 1. The first-order valence-corrected chi connectivity index (χ1v) is 11.0. The third-order valence-electron chi connectivity index (χ3n) is 6.11. The van der Waals surface area contributed by atoms with Crippen LogP contribution in [0, 0.1) is 31.6 Å². The minimum absolute atomic E-state index is 0.00736. The van der Waals surface area contributed by atoms with Crippen LogP contribution in [-0.4, -0.2) is 45.8 Å². The molecule has 5 nitrogen and oxygen atoms in total. The molecular weight excluding hydrogens is 348 g/mol. The molecule has 1 N–H and O–H groups in total. The molecule has 1 aromatic heterocycles. The van der Waals surface area contributed by atoms with Crippen LogP contribution in [0.5, 0.6) is 0 Å². The quantitative estimate of drug-likeness (QED) is 0.731. The summed E-state index contributed by atoms with van der Waals surface area (Å²) in [6, 6.07) is 0. The van der Waals surface area contributed by atoms with Crippen molar-refractivity contribution in [2.24, 2.45) is 17.8 Å². The summed E-state index contributed by atoms with van der Waals surface area (Å²) in [5.41, 5.74) is 3.49. The number of hydrogen-bond donors (Lipinski definition) is 1. The van der Waals surface area contributed by atoms with Crippen molar-refractivity contribution in [2.75, 3.05) is 19.6 Å². The van der Waals surface area contributed by atoms with Gasteiger partial charge in [0.15, 0.2) is 0 Å². The summed E-state index contributed by atoms with van der Waals surface area (Å²) in [6.45, 7) is 21.6. The predicted octanol–water partition coefficient (Wildman–Crippen LogP) is 3.96. The Labute approximate surface area is 172 Å². The largest absolute Gasteiger partial charge is 0.354 e. The fourth-order valence-electron chi connectivity index (χ4n) is 4.53. The number of carbonyl (C=O) groups is 1. The molecule has 1 aliphatic heterocycles. The molecule has 1 aliphatic rings. The van der Waals surface area contributed by atoms with Crippen molar-refractivity contribution in [3.05, 3.63) is 17.0 Å². The number of amides is 1. The van der Waals surface area contributed by atoms with E-state index < -0.39 is 0 Å². The van der Waals surface area contributed by atoms with Crippen molar-refractivity contribution in [1.29, 1.82) is 0 Å². The number of rotatable bonds is 8. The monoisotopic (exact) mass is 390 g/mol. The molecule has 0 bridgehead atoms. The third kappa shape index (κ3) is 6.07. The van der Waals surface area contributed by atoms with E-state index >= 15 is 0 Å². The fourth-order valence-corrected chi connectivity index (χ4v) is 4.53. The van der Waals surface area contributed by atoms with Crippen LogP contribution in [0.2, 0.25) is 0 Å². The molecule has 160 valence electrons. The number of carbonyl (C=O) groups excluding carboxylic acids is 1. The van der Waals surface area contributed by atoms with Crippen LogP contribution in [0.3, 0.4) is 0 Å². The highest BCUT2D eigenvalue weighted by atomic mass is 16.1. The molecule has 2 atom stereocenters. The average Bonchev–Trinajstić information content (AvgIpc) is 2.83. The molecule has 2 rings (SSSR count). The lowest BCUT2D eigenvalue weighted by Gasteiger charge is -2.45. The molecule has 5 heteroatoms. The van der Waals surface area contributed by atoms with Crippen LogP contribution in [0.15, 0.2) is 0 Å². The number of hydrogen-bond acceptors (Lipinski definition) is 3. The van der Waals surface area contributed by atoms with Crippen molar-refractivity contribution in [3.63, 3.8) is 0 Å². The van der Waals surface area contributed by atoms with Gasteiger partial charge in [-0.3, -0.25) is 14.4 Å². The Kier molecular flexibility index (Phi) is 7.72. The first-order valence-electron chi connectivity index (χ1n) is 11.0. The fraction of sp³-hybridized carbons (Fsp3) is 0.826. The van der Waals surface area contributed by atoms with E-state index in [-0.39, 0.29) is 11.4 Å². The van der Waals surface area contributed by atoms with Crippen LogP contribution in [-0.2, 0) is 17.8 Å². The lowest BCUT2D eigenvalue weighted by molar-refractivity contribution is -0.121. The highest BCUT2D eigenvalue weighted by Crippen LogP contribution is 2.27. The van der Waals surface area contributed by atoms with E-state index in [1.807, 2.05) is 0 Å². The number of aromatic nitrogens is 2. The maximum absolute atomic E-state index is 12.5. The Balaban J connectivity index is 1.87. The molecule has 0 aromatic carbocycles. The Morgan fingerprint density at radius 3 is 2.39 bits per heavy atom. The molecular formula is C23H42N4O. The van der Waals surface area contributed by atoms with E-state index in [9.17, 15) is 4.79 Å². The molecule has 0 spiro atoms. The van der Waals surface area contributed by atoms with E-state index in [0.717, 1.165) is 43.6 Å². The van der Waals surface area contributed by atoms with Gasteiger partial charge in [0.25, 0.3) is 0 Å². The van der Waals surface area contributed by atoms with Crippen LogP contribution < -0.4 is 5.32 Å². The zero-order valence-electron chi connectivity index (χ0n) is 19.4. The highest BCUT2D eigenvalue weighted by Gasteiger charge is 2.32. The third-order valence-corrected chi connectivity index (χ3v) is 6.11. The van der Waals surface area contributed by atoms with Gasteiger partial charge in [-0.25, -0.2) is 0 Å². The van der Waals surface area contributed by atoms with Gasteiger partial charge in [0, 0.05) is 43.8 Å². The lowest BCUT2D eigenvalue weighted by Crippen LogP contribution is -2.56. The summed E-state index contributed by atoms with van der Waals surface area (Å²) in [5, 5.41) is 7.86. The second-order valence-corrected chi connectivity index (χ2v) is 10.2. The van der Waals surface area contributed by atoms with Crippen LogP contribution in [0.25, 0.3) is 0 Å². The number of likely N-dealkylation sites (tertiary alicyclic amines) is 1. The minimum Gasteiger partial charge on any atom is -0.354 e. The molecule has 0 aliphatic carbocycles. The topological polar surface area (TPSA) is 50.2 Å². The molecule has 28 heavy (non-hydrogen) atoms. The van der Waals surface area contributed by atoms with Gasteiger partial charge >= 0.3 is 0 Å². The van der Waals surface area contributed by atoms with Gasteiger partial charge in [-0.1, -0.05) is 27.7 Å². The second kappa shape index (κ2) is 9.43. The number of nitrogens with zero attached hydrogens (tertiary/aromatic N) is 3. The molecule has 0 saturated carbocycles. The van der Waals surface area contributed by atoms with Gasteiger partial charge in [0.2, 0.25) is 5.91 Å². The lowest BCUT2D eigenvalue weighted by atomic mass is 9.88. The number of nitrogens with one attached hydrogen (secondary N) is 1. The van der Waals surface area contributed by atoms with Gasteiger partial charge in [-0.05, 0) is 63.9 Å². The molecule has 2 heterocycles. The van der Waals surface area contributed by atoms with Crippen LogP contribution in [0.1, 0.15) is 71.3 Å². The average molecular weight is 391 g/mol. The summed E-state index contributed by atoms with van der Waals surface area (Å²) >= 11 is 0. The van der Waals surface area contributed by atoms with Crippen molar-refractivity contribution < 1.29 is 4.79 Å². The highest BCUT2D eigenvalue weighted by molar-refractivity contribution is 5.76. The zero-order valence-corrected chi connectivity index (χ0v) is 19.4. The molecule has 1 saturated heterocycles. The zero-order chi connectivity index (χ0) is 21.1. The van der Waals surface area contributed by atoms with Crippen molar-refractivity contribution in [2.45, 2.75) is 86.7 Å². The normalized spacial score (nSPS) is 21.3. The first-order chi connectivity index (χ1) is 13.0. The summed E-state index contributed by atoms with van der Waals surface area (Å²) < 4.78 is 2.09. The summed E-state index contributed by atoms with van der Waals surface area (Å²) in [7, 11) is 0. The smallest absolute Gasteiger partial charge is 0.220 e. The molecule has 1 fully saturated rings. The van der Waals surface area contributed by atoms with Crippen molar-refractivity contribution in [1.82, 2.24) is 20.0 Å². The van der Waals surface area contributed by atoms with E-state index in [2.05, 4.69) is 75.4 Å². The van der Waals surface area contributed by atoms with Crippen molar-refractivity contribution >= 4 is 5.91 Å². The molecule has 1 amide bonds. The Morgan fingerprint density at radius 2 is 1.82 bits per heavy atom. The van der Waals surface area contributed by atoms with Gasteiger partial charge in [-0.15, -0.1) is 0 Å². The Bertz CT molecular complexity index is 652. The molecule has 0 radical (unpaired) electrons. The van der Waals surface area contributed by atoms with Gasteiger partial charge in [0.05, 0.1) is 5.69 Å². The summed E-state index contributed by atoms with van der Waals surface area (Å²) in [6.07, 6.45) is 2.60. The van der Waals surface area contributed by atoms with Crippen LogP contribution in [0.4, 0.5) is 0 Å². The van der Waals surface area contributed by atoms with E-state index in [1.165, 1.54) is 17.7 Å². The van der Waals surface area contributed by atoms with Crippen molar-refractivity contribution in [3.8, 4) is 0 Å². The van der Waals surface area contributed by atoms with Gasteiger partial charge in [-0.2, -0.15) is 5.10 Å². The minimum atomic E-state index is -0.00736. The standard InChI is InChI=1S/C23H42N4O/c1-16(2)12-27-20(6)21(19(5)25-27)9-10-22(28)24-15-23(7,8)26-13-17(3)11-18(4)14-26/h16-18H,9-15H2,1-8H3,(H,24,28).